The molecule has 2 N–H and O–H groups in total. The lowest BCUT2D eigenvalue weighted by molar-refractivity contribution is 0.174. The molecule has 1 aromatic rings. The predicted octanol–water partition coefficient (Wildman–Crippen LogP) is 1.68. The Labute approximate surface area is 112 Å². The average Bonchev–Trinajstić information content (AvgIpc) is 2.81. The molecule has 0 saturated carbocycles. The van der Waals surface area contributed by atoms with Gasteiger partial charge < -0.3 is 15.3 Å². The Morgan fingerprint density at radius 2 is 2.26 bits per heavy atom. The Bertz CT molecular complexity index is 428. The van der Waals surface area contributed by atoms with E-state index in [0.29, 0.717) is 18.5 Å². The van der Waals surface area contributed by atoms with Gasteiger partial charge in [-0.15, -0.1) is 0 Å². The van der Waals surface area contributed by atoms with Crippen molar-refractivity contribution in [3.63, 3.8) is 0 Å². The highest BCUT2D eigenvalue weighted by molar-refractivity contribution is 5.22. The number of nitrogens with one attached hydrogen (secondary N) is 1. The molecule has 106 valence electrons. The first-order valence-electron chi connectivity index (χ1n) is 6.63. The van der Waals surface area contributed by atoms with Crippen LogP contribution in [0.3, 0.4) is 0 Å². The lowest BCUT2D eigenvalue weighted by Gasteiger charge is -2.21. The van der Waals surface area contributed by atoms with Crippen molar-refractivity contribution in [2.24, 2.45) is 0 Å². The van der Waals surface area contributed by atoms with Crippen LogP contribution in [0.15, 0.2) is 18.2 Å². The Morgan fingerprint density at radius 3 is 2.89 bits per heavy atom. The van der Waals surface area contributed by atoms with Gasteiger partial charge in [0.15, 0.2) is 11.6 Å². The number of hydrogen-bond donors (Lipinski definition) is 2. The van der Waals surface area contributed by atoms with E-state index in [4.69, 9.17) is 0 Å². The highest BCUT2D eigenvalue weighted by Crippen LogP contribution is 2.22. The van der Waals surface area contributed by atoms with Crippen molar-refractivity contribution in [1.29, 1.82) is 0 Å². The largest absolute Gasteiger partial charge is 0.392 e. The van der Waals surface area contributed by atoms with E-state index >= 15 is 0 Å². The van der Waals surface area contributed by atoms with Gasteiger partial charge in [0.1, 0.15) is 0 Å². The van der Waals surface area contributed by atoms with Crippen LogP contribution in [-0.4, -0.2) is 42.8 Å². The van der Waals surface area contributed by atoms with Gasteiger partial charge in [0.05, 0.1) is 6.10 Å². The number of rotatable bonds is 5. The fraction of sp³-hybridized carbons (Fsp3) is 0.571. The third kappa shape index (κ3) is 3.49. The molecule has 2 unspecified atom stereocenters. The zero-order valence-electron chi connectivity index (χ0n) is 11.1. The normalized spacial score (nSPS) is 21.8. The molecule has 1 heterocycles. The minimum Gasteiger partial charge on any atom is -0.392 e. The Balaban J connectivity index is 1.98. The molecule has 1 saturated heterocycles. The number of nitrogens with zero attached hydrogens (tertiary/aromatic N) is 1. The van der Waals surface area contributed by atoms with Crippen molar-refractivity contribution in [2.45, 2.75) is 25.0 Å². The van der Waals surface area contributed by atoms with Gasteiger partial charge >= 0.3 is 0 Å². The van der Waals surface area contributed by atoms with Gasteiger partial charge in [0.2, 0.25) is 0 Å². The minimum atomic E-state index is -0.811. The van der Waals surface area contributed by atoms with Crippen LogP contribution in [0.25, 0.3) is 0 Å². The summed E-state index contributed by atoms with van der Waals surface area (Å²) in [6.07, 6.45) is 1.22. The second kappa shape index (κ2) is 6.41. The van der Waals surface area contributed by atoms with Crippen molar-refractivity contribution < 1.29 is 13.9 Å². The van der Waals surface area contributed by atoms with Gasteiger partial charge in [0, 0.05) is 31.2 Å². The van der Waals surface area contributed by atoms with Crippen molar-refractivity contribution in [3.8, 4) is 0 Å². The van der Waals surface area contributed by atoms with Gasteiger partial charge in [0.25, 0.3) is 0 Å². The van der Waals surface area contributed by atoms with Crippen LogP contribution in [0.1, 0.15) is 24.4 Å². The Morgan fingerprint density at radius 1 is 1.47 bits per heavy atom. The molecule has 1 aromatic carbocycles. The Kier molecular flexibility index (Phi) is 4.85. The smallest absolute Gasteiger partial charge is 0.163 e. The Hall–Kier alpha value is -1.04. The second-order valence-corrected chi connectivity index (χ2v) is 5.02. The third-order valence-corrected chi connectivity index (χ3v) is 3.69. The molecule has 0 aliphatic carbocycles. The molecule has 0 radical (unpaired) electrons. The molecule has 0 amide bonds. The van der Waals surface area contributed by atoms with E-state index in [-0.39, 0.29) is 12.1 Å². The van der Waals surface area contributed by atoms with Gasteiger partial charge in [-0.2, -0.15) is 0 Å². The molecule has 2 atom stereocenters. The average molecular weight is 270 g/mol. The van der Waals surface area contributed by atoms with Crippen molar-refractivity contribution in [1.82, 2.24) is 10.2 Å². The molecule has 0 spiro atoms. The fourth-order valence-electron chi connectivity index (χ4n) is 2.57. The molecular weight excluding hydrogens is 250 g/mol. The van der Waals surface area contributed by atoms with E-state index in [1.165, 1.54) is 6.07 Å². The van der Waals surface area contributed by atoms with Crippen LogP contribution in [-0.2, 0) is 0 Å². The fourth-order valence-corrected chi connectivity index (χ4v) is 2.57. The van der Waals surface area contributed by atoms with E-state index in [1.54, 1.807) is 13.1 Å². The van der Waals surface area contributed by atoms with Crippen molar-refractivity contribution in [3.05, 3.63) is 35.4 Å². The summed E-state index contributed by atoms with van der Waals surface area (Å²) in [6, 6.07) is 4.05. The van der Waals surface area contributed by atoms with Crippen LogP contribution in [0, 0.1) is 11.6 Å². The van der Waals surface area contributed by atoms with Crippen LogP contribution < -0.4 is 5.32 Å². The lowest BCUT2D eigenvalue weighted by Crippen LogP contribution is -2.28. The quantitative estimate of drug-likeness (QED) is 0.854. The maximum absolute atomic E-state index is 13.7. The molecule has 2 rings (SSSR count). The van der Waals surface area contributed by atoms with Crippen LogP contribution in [0.5, 0.6) is 0 Å². The van der Waals surface area contributed by atoms with Gasteiger partial charge in [-0.05, 0) is 26.0 Å². The van der Waals surface area contributed by atoms with Gasteiger partial charge in [-0.25, -0.2) is 8.78 Å². The van der Waals surface area contributed by atoms with Crippen LogP contribution in [0.2, 0.25) is 0 Å². The highest BCUT2D eigenvalue weighted by atomic mass is 19.2. The molecule has 19 heavy (non-hydrogen) atoms. The number of likely N-dealkylation sites (tertiary alicyclic amines) is 1. The van der Waals surface area contributed by atoms with E-state index in [0.717, 1.165) is 25.6 Å². The maximum atomic E-state index is 13.7. The summed E-state index contributed by atoms with van der Waals surface area (Å²) < 4.78 is 27.0. The molecule has 1 fully saturated rings. The predicted molar refractivity (Wildman–Crippen MR) is 69.8 cm³/mol. The summed E-state index contributed by atoms with van der Waals surface area (Å²) in [5.41, 5.74) is 0.363. The summed E-state index contributed by atoms with van der Waals surface area (Å²) in [7, 11) is 1.74. The SMILES string of the molecule is CNC(CCN1CCC(O)C1)c1cccc(F)c1F. The van der Waals surface area contributed by atoms with Crippen LogP contribution in [0.4, 0.5) is 8.78 Å². The molecular formula is C14H20F2N2O. The van der Waals surface area contributed by atoms with E-state index in [2.05, 4.69) is 10.2 Å². The highest BCUT2D eigenvalue weighted by Gasteiger charge is 2.22. The summed E-state index contributed by atoms with van der Waals surface area (Å²) in [5, 5.41) is 12.5. The zero-order valence-corrected chi connectivity index (χ0v) is 11.1. The number of β-amino-alcohol motifs (C(OH)–C–C–N with tert-alkyl or cyclic N) is 1. The summed E-state index contributed by atoms with van der Waals surface area (Å²) in [4.78, 5) is 2.15. The minimum absolute atomic E-state index is 0.214. The van der Waals surface area contributed by atoms with Gasteiger partial charge in [-0.3, -0.25) is 0 Å². The number of aliphatic hydroxyl groups excluding tert-OH is 1. The number of halogens is 2. The monoisotopic (exact) mass is 270 g/mol. The number of benzene rings is 1. The molecule has 1 aliphatic heterocycles. The first kappa shape index (κ1) is 14.4. The third-order valence-electron chi connectivity index (χ3n) is 3.69. The zero-order chi connectivity index (χ0) is 13.8. The van der Waals surface area contributed by atoms with E-state index < -0.39 is 11.6 Å². The van der Waals surface area contributed by atoms with E-state index in [9.17, 15) is 13.9 Å². The maximum Gasteiger partial charge on any atom is 0.163 e. The standard InChI is InChI=1S/C14H20F2N2O/c1-17-13(6-8-18-7-5-10(19)9-18)11-3-2-4-12(15)14(11)16/h2-4,10,13,17,19H,5-9H2,1H3. The number of hydrogen-bond acceptors (Lipinski definition) is 3. The number of aliphatic hydroxyl groups is 1. The summed E-state index contributed by atoms with van der Waals surface area (Å²) in [5.74, 6) is -1.59. The summed E-state index contributed by atoms with van der Waals surface area (Å²) >= 11 is 0. The second-order valence-electron chi connectivity index (χ2n) is 5.02. The summed E-state index contributed by atoms with van der Waals surface area (Å²) in [6.45, 7) is 2.30. The topological polar surface area (TPSA) is 35.5 Å². The molecule has 1 aliphatic rings. The van der Waals surface area contributed by atoms with Crippen molar-refractivity contribution in [2.75, 3.05) is 26.7 Å². The van der Waals surface area contributed by atoms with Gasteiger partial charge in [-0.1, -0.05) is 12.1 Å². The van der Waals surface area contributed by atoms with Crippen LogP contribution >= 0.6 is 0 Å². The molecule has 5 heteroatoms. The van der Waals surface area contributed by atoms with E-state index in [1.807, 2.05) is 0 Å². The first-order valence-corrected chi connectivity index (χ1v) is 6.63. The first-order chi connectivity index (χ1) is 9.11. The molecule has 0 aromatic heterocycles. The molecule has 0 bridgehead atoms. The lowest BCUT2D eigenvalue weighted by atomic mass is 10.0. The van der Waals surface area contributed by atoms with Crippen molar-refractivity contribution >= 4 is 0 Å². The molecule has 3 nitrogen and oxygen atoms in total.